The van der Waals surface area contributed by atoms with Crippen LogP contribution in [0.4, 0.5) is 10.7 Å². The van der Waals surface area contributed by atoms with Gasteiger partial charge in [0.05, 0.1) is 11.3 Å². The van der Waals surface area contributed by atoms with Crippen molar-refractivity contribution in [2.24, 2.45) is 0 Å². The second-order valence-electron chi connectivity index (χ2n) is 6.26. The number of carbonyl (C=O) groups excluding carboxylic acids is 1. The zero-order chi connectivity index (χ0) is 20.8. The smallest absolute Gasteiger partial charge is 0.235 e. The molecular weight excluding hydrogens is 404 g/mol. The van der Waals surface area contributed by atoms with Crippen molar-refractivity contribution in [2.45, 2.75) is 11.7 Å². The van der Waals surface area contributed by atoms with E-state index in [-0.39, 0.29) is 11.7 Å². The number of carbonyl (C=O) groups is 1. The van der Waals surface area contributed by atoms with E-state index in [0.29, 0.717) is 22.3 Å². The van der Waals surface area contributed by atoms with Crippen molar-refractivity contribution in [3.05, 3.63) is 53.9 Å². The van der Waals surface area contributed by atoms with Crippen LogP contribution in [0.5, 0.6) is 0 Å². The molecule has 0 atom stereocenters. The first-order valence-corrected chi connectivity index (χ1v) is 10.6. The minimum Gasteiger partial charge on any atom is -0.378 e. The molecule has 2 aromatic heterocycles. The average molecular weight is 425 g/mol. The van der Waals surface area contributed by atoms with Crippen LogP contribution in [0, 0.1) is 11.3 Å². The molecule has 0 bridgehead atoms. The highest BCUT2D eigenvalue weighted by atomic mass is 32.2. The van der Waals surface area contributed by atoms with Gasteiger partial charge in [-0.3, -0.25) is 9.36 Å². The minimum atomic E-state index is -0.196. The largest absolute Gasteiger partial charge is 0.378 e. The number of rotatable bonds is 8. The van der Waals surface area contributed by atoms with Crippen molar-refractivity contribution >= 4 is 39.7 Å². The number of nitrogens with zero attached hydrogens (tertiary/aromatic N) is 5. The van der Waals surface area contributed by atoms with Gasteiger partial charge in [0.1, 0.15) is 11.1 Å². The summed E-state index contributed by atoms with van der Waals surface area (Å²) in [7, 11) is 3.97. The molecule has 1 N–H and O–H groups in total. The second-order valence-corrected chi connectivity index (χ2v) is 8.12. The van der Waals surface area contributed by atoms with Crippen molar-refractivity contribution in [3.63, 3.8) is 0 Å². The van der Waals surface area contributed by atoms with E-state index in [1.54, 1.807) is 17.5 Å². The molecule has 3 rings (SSSR count). The first-order valence-electron chi connectivity index (χ1n) is 8.75. The van der Waals surface area contributed by atoms with Gasteiger partial charge in [-0.2, -0.15) is 5.26 Å². The molecule has 7 nitrogen and oxygen atoms in total. The second kappa shape index (κ2) is 9.41. The third-order valence-corrected chi connectivity index (χ3v) is 5.82. The predicted molar refractivity (Wildman–Crippen MR) is 118 cm³/mol. The Kier molecular flexibility index (Phi) is 6.69. The van der Waals surface area contributed by atoms with Crippen LogP contribution in [-0.4, -0.2) is 40.5 Å². The van der Waals surface area contributed by atoms with Gasteiger partial charge < -0.3 is 10.2 Å². The normalized spacial score (nSPS) is 10.4. The number of amides is 1. The molecule has 0 saturated carbocycles. The van der Waals surface area contributed by atoms with E-state index >= 15 is 0 Å². The summed E-state index contributed by atoms with van der Waals surface area (Å²) in [6, 6.07) is 11.8. The van der Waals surface area contributed by atoms with Gasteiger partial charge in [-0.25, -0.2) is 0 Å². The van der Waals surface area contributed by atoms with E-state index in [2.05, 4.69) is 28.2 Å². The van der Waals surface area contributed by atoms with Crippen LogP contribution >= 0.6 is 23.1 Å². The molecule has 0 aliphatic rings. The summed E-state index contributed by atoms with van der Waals surface area (Å²) in [6.07, 6.45) is 1.78. The van der Waals surface area contributed by atoms with Crippen molar-refractivity contribution in [1.29, 1.82) is 5.26 Å². The Morgan fingerprint density at radius 3 is 2.97 bits per heavy atom. The average Bonchev–Trinajstić information content (AvgIpc) is 3.33. The molecule has 3 aromatic rings. The molecule has 1 amide bonds. The number of thioether (sulfide) groups is 1. The van der Waals surface area contributed by atoms with Gasteiger partial charge in [-0.15, -0.1) is 28.1 Å². The Labute approximate surface area is 177 Å². The highest BCUT2D eigenvalue weighted by Gasteiger charge is 2.16. The maximum absolute atomic E-state index is 12.3. The zero-order valence-electron chi connectivity index (χ0n) is 16.1. The van der Waals surface area contributed by atoms with Crippen LogP contribution in [0.2, 0.25) is 0 Å². The van der Waals surface area contributed by atoms with Gasteiger partial charge in [-0.1, -0.05) is 30.0 Å². The highest BCUT2D eigenvalue weighted by molar-refractivity contribution is 7.99. The van der Waals surface area contributed by atoms with Crippen LogP contribution < -0.4 is 10.2 Å². The molecule has 0 spiro atoms. The SMILES string of the molecule is C=CCn1c(SCC(=O)Nc2sccc2C#N)nnc1-c1cccc(N(C)C)c1. The Morgan fingerprint density at radius 1 is 1.41 bits per heavy atom. The third-order valence-electron chi connectivity index (χ3n) is 4.02. The van der Waals surface area contributed by atoms with Crippen molar-refractivity contribution in [2.75, 3.05) is 30.1 Å². The molecule has 29 heavy (non-hydrogen) atoms. The van der Waals surface area contributed by atoms with E-state index in [4.69, 9.17) is 5.26 Å². The van der Waals surface area contributed by atoms with Gasteiger partial charge in [0.15, 0.2) is 11.0 Å². The topological polar surface area (TPSA) is 86.8 Å². The van der Waals surface area contributed by atoms with Crippen molar-refractivity contribution in [1.82, 2.24) is 14.8 Å². The van der Waals surface area contributed by atoms with Crippen molar-refractivity contribution in [3.8, 4) is 17.5 Å². The molecule has 9 heteroatoms. The maximum atomic E-state index is 12.3. The maximum Gasteiger partial charge on any atom is 0.235 e. The first-order chi connectivity index (χ1) is 14.0. The Hall–Kier alpha value is -3.09. The quantitative estimate of drug-likeness (QED) is 0.436. The number of anilines is 2. The summed E-state index contributed by atoms with van der Waals surface area (Å²) < 4.78 is 1.94. The van der Waals surface area contributed by atoms with Gasteiger partial charge in [0.2, 0.25) is 5.91 Å². The van der Waals surface area contributed by atoms with Gasteiger partial charge >= 0.3 is 0 Å². The van der Waals surface area contributed by atoms with Crippen LogP contribution in [0.1, 0.15) is 5.56 Å². The predicted octanol–water partition coefficient (Wildman–Crippen LogP) is 3.86. The lowest BCUT2D eigenvalue weighted by Crippen LogP contribution is -2.14. The highest BCUT2D eigenvalue weighted by Crippen LogP contribution is 2.27. The lowest BCUT2D eigenvalue weighted by molar-refractivity contribution is -0.113. The van der Waals surface area contributed by atoms with Crippen LogP contribution in [0.3, 0.4) is 0 Å². The van der Waals surface area contributed by atoms with Gasteiger partial charge in [0.25, 0.3) is 0 Å². The lowest BCUT2D eigenvalue weighted by Gasteiger charge is -2.14. The molecule has 0 fully saturated rings. The van der Waals surface area contributed by atoms with Crippen LogP contribution in [-0.2, 0) is 11.3 Å². The fraction of sp³-hybridized carbons (Fsp3) is 0.200. The minimum absolute atomic E-state index is 0.162. The molecule has 2 heterocycles. The number of aromatic nitrogens is 3. The summed E-state index contributed by atoms with van der Waals surface area (Å²) in [5.74, 6) is 0.690. The number of benzene rings is 1. The molecule has 148 valence electrons. The summed E-state index contributed by atoms with van der Waals surface area (Å²) >= 11 is 2.62. The summed E-state index contributed by atoms with van der Waals surface area (Å²) in [4.78, 5) is 14.3. The summed E-state index contributed by atoms with van der Waals surface area (Å²) in [6.45, 7) is 4.35. The van der Waals surface area contributed by atoms with Gasteiger partial charge in [0, 0.05) is 31.9 Å². The zero-order valence-corrected chi connectivity index (χ0v) is 17.8. The van der Waals surface area contributed by atoms with E-state index in [1.165, 1.54) is 23.1 Å². The molecule has 0 radical (unpaired) electrons. The Balaban J connectivity index is 1.77. The number of hydrogen-bond acceptors (Lipinski definition) is 7. The number of hydrogen-bond donors (Lipinski definition) is 1. The molecule has 0 aliphatic carbocycles. The molecule has 0 saturated heterocycles. The monoisotopic (exact) mass is 424 g/mol. The lowest BCUT2D eigenvalue weighted by atomic mass is 10.2. The van der Waals surface area contributed by atoms with E-state index < -0.39 is 0 Å². The molecule has 0 aliphatic heterocycles. The van der Waals surface area contributed by atoms with Crippen LogP contribution in [0.25, 0.3) is 11.4 Å². The fourth-order valence-electron chi connectivity index (χ4n) is 2.61. The number of thiophene rings is 1. The number of nitrogens with one attached hydrogen (secondary N) is 1. The van der Waals surface area contributed by atoms with Crippen molar-refractivity contribution < 1.29 is 4.79 Å². The molecule has 1 aromatic carbocycles. The fourth-order valence-corrected chi connectivity index (χ4v) is 4.11. The van der Waals surface area contributed by atoms with E-state index in [9.17, 15) is 4.79 Å². The summed E-state index contributed by atoms with van der Waals surface area (Å²) in [5, 5.41) is 23.4. The number of allylic oxidation sites excluding steroid dienone is 1. The number of nitriles is 1. The van der Waals surface area contributed by atoms with E-state index in [0.717, 1.165) is 17.1 Å². The Morgan fingerprint density at radius 2 is 2.24 bits per heavy atom. The molecule has 0 unspecified atom stereocenters. The third kappa shape index (κ3) is 4.85. The Bertz CT molecular complexity index is 1060. The van der Waals surface area contributed by atoms with E-state index in [1.807, 2.05) is 47.8 Å². The van der Waals surface area contributed by atoms with Crippen LogP contribution in [0.15, 0.2) is 53.5 Å². The molecular formula is C20H20N6OS2. The van der Waals surface area contributed by atoms with Gasteiger partial charge in [-0.05, 0) is 23.6 Å². The summed E-state index contributed by atoms with van der Waals surface area (Å²) in [5.41, 5.74) is 2.47. The standard InChI is InChI=1S/C20H20N6OS2/c1-4-9-26-18(14-6-5-7-16(11-14)25(2)3)23-24-20(26)29-13-17(27)22-19-15(12-21)8-10-28-19/h4-8,10-11H,1,9,13H2,2-3H3,(H,22,27). The first kappa shape index (κ1) is 20.6.